The first kappa shape index (κ1) is 26.2. The van der Waals surface area contributed by atoms with E-state index in [2.05, 4.69) is 20.5 Å². The molecule has 13 heteroatoms. The van der Waals surface area contributed by atoms with E-state index in [9.17, 15) is 19.1 Å². The van der Waals surface area contributed by atoms with Crippen LogP contribution in [-0.2, 0) is 11.8 Å². The molecule has 0 saturated heterocycles. The van der Waals surface area contributed by atoms with Gasteiger partial charge in [0, 0.05) is 16.8 Å². The van der Waals surface area contributed by atoms with Crippen molar-refractivity contribution in [1.82, 2.24) is 19.7 Å². The zero-order valence-corrected chi connectivity index (χ0v) is 22.3. The van der Waals surface area contributed by atoms with Crippen LogP contribution in [0.2, 0.25) is 0 Å². The highest BCUT2D eigenvalue weighted by Crippen LogP contribution is 2.36. The van der Waals surface area contributed by atoms with Crippen LogP contribution in [0.15, 0.2) is 79.0 Å². The number of carboxylic acid groups (broad SMARTS) is 1. The van der Waals surface area contributed by atoms with E-state index in [1.807, 2.05) is 14.0 Å². The van der Waals surface area contributed by atoms with Crippen LogP contribution in [0.3, 0.4) is 0 Å². The van der Waals surface area contributed by atoms with Crippen molar-refractivity contribution in [2.75, 3.05) is 5.32 Å². The van der Waals surface area contributed by atoms with Crippen molar-refractivity contribution in [2.24, 2.45) is 7.05 Å². The molecule has 1 atom stereocenters. The van der Waals surface area contributed by atoms with E-state index < -0.39 is 17.1 Å². The number of carbonyl (C=O) groups is 2. The number of benzene rings is 1. The van der Waals surface area contributed by atoms with Gasteiger partial charge in [-0.05, 0) is 66.7 Å². The summed E-state index contributed by atoms with van der Waals surface area (Å²) in [6, 6.07) is 13.1. The van der Waals surface area contributed by atoms with Crippen LogP contribution in [-0.4, -0.2) is 42.0 Å². The number of aromatic nitrogens is 4. The molecule has 36 heavy (non-hydrogen) atoms. The summed E-state index contributed by atoms with van der Waals surface area (Å²) in [4.78, 5) is 30.6. The second-order valence-electron chi connectivity index (χ2n) is 7.30. The Morgan fingerprint density at radius 1 is 1.14 bits per heavy atom. The Balaban J connectivity index is 1.58. The number of nitrogens with one attached hydrogen (secondary N) is 1. The van der Waals surface area contributed by atoms with Crippen LogP contribution in [0.25, 0.3) is 0 Å². The minimum absolute atomic E-state index is 0.205. The molecule has 1 unspecified atom stereocenters. The fourth-order valence-corrected chi connectivity index (χ4v) is 6.66. The second kappa shape index (κ2) is 11.9. The first-order valence-corrected chi connectivity index (χ1v) is 13.9. The van der Waals surface area contributed by atoms with E-state index >= 15 is 0 Å². The summed E-state index contributed by atoms with van der Waals surface area (Å²) in [6.07, 6.45) is 2.07. The number of hydrogen-bond acceptors (Lipinski definition) is 9. The lowest BCUT2D eigenvalue weighted by Crippen LogP contribution is -2.14. The molecule has 8 nitrogen and oxygen atoms in total. The van der Waals surface area contributed by atoms with Gasteiger partial charge >= 0.3 is 5.97 Å². The molecule has 0 spiro atoms. The molecule has 1 amide bonds. The van der Waals surface area contributed by atoms with Gasteiger partial charge in [0.15, 0.2) is 5.16 Å². The van der Waals surface area contributed by atoms with Gasteiger partial charge in [-0.2, -0.15) is 0 Å². The Kier molecular flexibility index (Phi) is 8.67. The number of carboxylic acids is 1. The Morgan fingerprint density at radius 2 is 1.92 bits per heavy atom. The summed E-state index contributed by atoms with van der Waals surface area (Å²) >= 11 is 5.13. The highest BCUT2D eigenvalue weighted by Gasteiger charge is 2.20. The van der Waals surface area contributed by atoms with E-state index in [4.69, 9.17) is 0 Å². The molecule has 0 bridgehead atoms. The van der Waals surface area contributed by atoms with Crippen molar-refractivity contribution in [3.05, 3.63) is 66.4 Å². The third-order valence-corrected chi connectivity index (χ3v) is 9.25. The van der Waals surface area contributed by atoms with Gasteiger partial charge in [-0.15, -0.1) is 33.3 Å². The predicted molar refractivity (Wildman–Crippen MR) is 140 cm³/mol. The number of aliphatic carboxylic acids is 1. The van der Waals surface area contributed by atoms with Gasteiger partial charge in [0.2, 0.25) is 0 Å². The average molecular weight is 562 g/mol. The Labute approximate surface area is 223 Å². The van der Waals surface area contributed by atoms with E-state index in [1.165, 1.54) is 58.8 Å². The van der Waals surface area contributed by atoms with Gasteiger partial charge in [-0.25, -0.2) is 9.37 Å². The fraction of sp³-hybridized carbons (Fsp3) is 0.174. The smallest absolute Gasteiger partial charge is 0.317 e. The van der Waals surface area contributed by atoms with Crippen molar-refractivity contribution >= 4 is 63.5 Å². The molecule has 4 rings (SSSR count). The normalized spacial score (nSPS) is 11.9. The topological polar surface area (TPSA) is 110 Å². The maximum absolute atomic E-state index is 13.4. The van der Waals surface area contributed by atoms with Crippen LogP contribution in [0.1, 0.15) is 23.8 Å². The maximum Gasteiger partial charge on any atom is 0.317 e. The number of pyridine rings is 1. The summed E-state index contributed by atoms with van der Waals surface area (Å²) in [5, 5.41) is 21.3. The number of rotatable bonds is 10. The highest BCUT2D eigenvalue weighted by atomic mass is 32.2. The largest absolute Gasteiger partial charge is 0.480 e. The summed E-state index contributed by atoms with van der Waals surface area (Å²) < 4.78 is 15.9. The molecule has 0 aliphatic rings. The summed E-state index contributed by atoms with van der Waals surface area (Å²) in [5.74, 6) is -1.63. The van der Waals surface area contributed by atoms with Crippen molar-refractivity contribution in [3.8, 4) is 0 Å². The molecule has 2 N–H and O–H groups in total. The average Bonchev–Trinajstić information content (AvgIpc) is 3.47. The van der Waals surface area contributed by atoms with Crippen molar-refractivity contribution in [3.63, 3.8) is 0 Å². The van der Waals surface area contributed by atoms with E-state index in [1.54, 1.807) is 47.3 Å². The Bertz CT molecular complexity index is 1380. The predicted octanol–water partition coefficient (Wildman–Crippen LogP) is 5.92. The number of amides is 1. The monoisotopic (exact) mass is 561 g/mol. The zero-order valence-electron chi connectivity index (χ0n) is 19.0. The molecule has 0 aliphatic heterocycles. The molecule has 0 aliphatic carbocycles. The first-order valence-electron chi connectivity index (χ1n) is 10.6. The van der Waals surface area contributed by atoms with Gasteiger partial charge in [0.05, 0.1) is 9.21 Å². The number of halogens is 1. The number of thiophene rings is 1. The van der Waals surface area contributed by atoms with Crippen LogP contribution in [0, 0.1) is 5.82 Å². The van der Waals surface area contributed by atoms with Crippen LogP contribution in [0.4, 0.5) is 9.39 Å². The molecule has 0 radical (unpaired) electrons. The van der Waals surface area contributed by atoms with E-state index in [0.717, 1.165) is 9.10 Å². The van der Waals surface area contributed by atoms with Crippen LogP contribution in [0.5, 0.6) is 0 Å². The molecule has 4 aromatic rings. The van der Waals surface area contributed by atoms with Crippen LogP contribution < -0.4 is 5.32 Å². The van der Waals surface area contributed by atoms with Gasteiger partial charge in [0.1, 0.15) is 28.1 Å². The molecule has 3 aromatic heterocycles. The maximum atomic E-state index is 13.4. The lowest BCUT2D eigenvalue weighted by Gasteiger charge is -2.10. The molecule has 1 aromatic carbocycles. The van der Waals surface area contributed by atoms with Gasteiger partial charge in [0.25, 0.3) is 5.91 Å². The number of thioether (sulfide) groups is 1. The van der Waals surface area contributed by atoms with Gasteiger partial charge < -0.3 is 15.0 Å². The molecule has 186 valence electrons. The zero-order chi connectivity index (χ0) is 25.7. The van der Waals surface area contributed by atoms with E-state index in [0.29, 0.717) is 26.5 Å². The Morgan fingerprint density at radius 3 is 2.58 bits per heavy atom. The third kappa shape index (κ3) is 6.66. The molecule has 0 fully saturated rings. The first-order chi connectivity index (χ1) is 17.3. The number of hydrogen-bond donors (Lipinski definition) is 2. The lowest BCUT2D eigenvalue weighted by atomic mass is 10.3. The molecular weight excluding hydrogens is 542 g/mol. The number of anilines is 1. The van der Waals surface area contributed by atoms with Crippen molar-refractivity contribution in [1.29, 1.82) is 0 Å². The number of aryl methyl sites for hydroxylation is 1. The third-order valence-electron chi connectivity index (χ3n) is 4.68. The lowest BCUT2D eigenvalue weighted by molar-refractivity contribution is -0.136. The quantitative estimate of drug-likeness (QED) is 0.228. The number of nitrogens with zero attached hydrogens (tertiary/aromatic N) is 4. The highest BCUT2D eigenvalue weighted by molar-refractivity contribution is 8.02. The van der Waals surface area contributed by atoms with Crippen molar-refractivity contribution < 1.29 is 19.1 Å². The molecule has 3 heterocycles. The minimum atomic E-state index is -0.870. The van der Waals surface area contributed by atoms with Gasteiger partial charge in [-0.1, -0.05) is 18.7 Å². The summed E-state index contributed by atoms with van der Waals surface area (Å²) in [7, 11) is 1.81. The van der Waals surface area contributed by atoms with Crippen molar-refractivity contribution in [2.45, 2.75) is 42.8 Å². The minimum Gasteiger partial charge on any atom is -0.480 e. The van der Waals surface area contributed by atoms with Crippen LogP contribution >= 0.6 is 46.6 Å². The molecule has 0 saturated carbocycles. The summed E-state index contributed by atoms with van der Waals surface area (Å²) in [6.45, 7) is 1.82. The number of carbonyl (C=O) groups excluding carboxylic acids is 1. The second-order valence-corrected chi connectivity index (χ2v) is 12.0. The molecular formula is C23H20FN5O3S4. The van der Waals surface area contributed by atoms with Gasteiger partial charge in [-0.3, -0.25) is 9.59 Å². The fourth-order valence-electron chi connectivity index (χ4n) is 2.89. The summed E-state index contributed by atoms with van der Waals surface area (Å²) in [5.41, 5.74) is 0.205. The Hall–Kier alpha value is -2.87. The van der Waals surface area contributed by atoms with E-state index in [-0.39, 0.29) is 11.5 Å². The standard InChI is InChI=1S/C23H20FN5O3S4/c1-3-15(22(31)32)34-19-11-10-18(35-19)27-21(30)20-16(33-14-6-4-13(24)5-7-14)8-9-17(26-20)36-23-28-25-12-29(23)2/h4-12,15H,3H2,1-2H3,(H,27,30)(H,31,32). The SMILES string of the molecule is CCC(Sc1ccc(NC(=O)c2nc(Sc3nncn3C)ccc2Sc2ccc(F)cc2)s1)C(=O)O.